The Morgan fingerprint density at radius 2 is 1.83 bits per heavy atom. The molecule has 36 heavy (non-hydrogen) atoms. The summed E-state index contributed by atoms with van der Waals surface area (Å²) in [5.41, 5.74) is 0.869. The molecule has 0 radical (unpaired) electrons. The first-order valence-electron chi connectivity index (χ1n) is 10.2. The van der Waals surface area contributed by atoms with Crippen LogP contribution in [-0.4, -0.2) is 35.2 Å². The number of alkyl halides is 3. The summed E-state index contributed by atoms with van der Waals surface area (Å²) in [6, 6.07) is 5.59. The highest BCUT2D eigenvalue weighted by molar-refractivity contribution is 7.89. The van der Waals surface area contributed by atoms with E-state index < -0.39 is 38.8 Å². The molecule has 13 heteroatoms. The number of halogens is 5. The Kier molecular flexibility index (Phi) is 6.27. The summed E-state index contributed by atoms with van der Waals surface area (Å²) in [5.74, 6) is -1.27. The molecule has 1 atom stereocenters. The third kappa shape index (κ3) is 4.52. The third-order valence-electron chi connectivity index (χ3n) is 5.42. The summed E-state index contributed by atoms with van der Waals surface area (Å²) in [4.78, 5) is 7.34. The van der Waals surface area contributed by atoms with Crippen LogP contribution in [0.25, 0.3) is 28.0 Å². The first-order valence-corrected chi connectivity index (χ1v) is 11.7. The second-order valence-corrected chi connectivity index (χ2v) is 9.63. The third-order valence-corrected chi connectivity index (χ3v) is 6.95. The van der Waals surface area contributed by atoms with Gasteiger partial charge in [0.05, 0.1) is 40.5 Å². The van der Waals surface area contributed by atoms with E-state index in [1.807, 2.05) is 6.07 Å². The van der Waals surface area contributed by atoms with Gasteiger partial charge in [0, 0.05) is 17.6 Å². The standard InChI is InChI=1S/C23H16F5N5O2S/c1-12-5-21-17(7-19(12)25)18(8-29)22(33(21)15-6-14(24)9-30-10-15)20-4-3-16(11-31-20)36(34,35)32-13(2)23(26,27)28/h3-7,9-11,13,32H,1-2H3. The number of aromatic nitrogens is 3. The first-order chi connectivity index (χ1) is 16.8. The van der Waals surface area contributed by atoms with Gasteiger partial charge in [-0.05, 0) is 43.7 Å². The highest BCUT2D eigenvalue weighted by Gasteiger charge is 2.39. The van der Waals surface area contributed by atoms with Gasteiger partial charge >= 0.3 is 6.18 Å². The van der Waals surface area contributed by atoms with Gasteiger partial charge in [0.15, 0.2) is 0 Å². The molecule has 0 saturated heterocycles. The van der Waals surface area contributed by atoms with Crippen molar-refractivity contribution >= 4 is 20.9 Å². The van der Waals surface area contributed by atoms with Crippen LogP contribution >= 0.6 is 0 Å². The van der Waals surface area contributed by atoms with Gasteiger partial charge in [0.1, 0.15) is 28.6 Å². The molecule has 0 fully saturated rings. The number of nitrogens with one attached hydrogen (secondary N) is 1. The molecule has 0 spiro atoms. The van der Waals surface area contributed by atoms with Crippen molar-refractivity contribution in [1.29, 1.82) is 5.26 Å². The summed E-state index contributed by atoms with van der Waals surface area (Å²) < 4.78 is 94.6. The van der Waals surface area contributed by atoms with Crippen LogP contribution in [0, 0.1) is 29.9 Å². The first kappa shape index (κ1) is 25.2. The van der Waals surface area contributed by atoms with E-state index in [9.17, 15) is 35.6 Å². The quantitative estimate of drug-likeness (QED) is 0.381. The predicted molar refractivity (Wildman–Crippen MR) is 120 cm³/mol. The van der Waals surface area contributed by atoms with Crippen LogP contribution in [0.4, 0.5) is 22.0 Å². The van der Waals surface area contributed by atoms with E-state index in [4.69, 9.17) is 0 Å². The van der Waals surface area contributed by atoms with Crippen molar-refractivity contribution in [2.75, 3.05) is 0 Å². The van der Waals surface area contributed by atoms with Gasteiger partial charge in [-0.2, -0.15) is 23.2 Å². The van der Waals surface area contributed by atoms with Crippen LogP contribution in [0.1, 0.15) is 18.1 Å². The number of benzene rings is 1. The van der Waals surface area contributed by atoms with E-state index in [0.717, 1.165) is 30.6 Å². The van der Waals surface area contributed by atoms with Crippen LogP contribution in [-0.2, 0) is 10.0 Å². The zero-order valence-electron chi connectivity index (χ0n) is 18.6. The fraction of sp³-hybridized carbons (Fsp3) is 0.174. The molecule has 186 valence electrons. The molecule has 0 aliphatic carbocycles. The van der Waals surface area contributed by atoms with Crippen LogP contribution in [0.5, 0.6) is 0 Å². The lowest BCUT2D eigenvalue weighted by Gasteiger charge is -2.17. The van der Waals surface area contributed by atoms with Crippen molar-refractivity contribution in [3.63, 3.8) is 0 Å². The summed E-state index contributed by atoms with van der Waals surface area (Å²) in [6.07, 6.45) is -1.68. The van der Waals surface area contributed by atoms with Crippen LogP contribution < -0.4 is 4.72 Å². The number of nitriles is 1. The number of hydrogen-bond donors (Lipinski definition) is 1. The Balaban J connectivity index is 1.92. The molecule has 3 heterocycles. The second kappa shape index (κ2) is 8.96. The Labute approximate surface area is 201 Å². The van der Waals surface area contributed by atoms with Crippen molar-refractivity contribution in [1.82, 2.24) is 19.3 Å². The largest absolute Gasteiger partial charge is 0.404 e. The van der Waals surface area contributed by atoms with Crippen LogP contribution in [0.3, 0.4) is 0 Å². The smallest absolute Gasteiger partial charge is 0.305 e. The van der Waals surface area contributed by atoms with E-state index in [0.29, 0.717) is 12.4 Å². The molecule has 0 amide bonds. The van der Waals surface area contributed by atoms with Crippen molar-refractivity contribution < 1.29 is 30.4 Å². The van der Waals surface area contributed by atoms with Gasteiger partial charge < -0.3 is 4.57 Å². The lowest BCUT2D eigenvalue weighted by molar-refractivity contribution is -0.147. The molecule has 7 nitrogen and oxygen atoms in total. The van der Waals surface area contributed by atoms with E-state index in [1.54, 1.807) is 0 Å². The molecule has 0 saturated carbocycles. The van der Waals surface area contributed by atoms with Crippen LogP contribution in [0.2, 0.25) is 0 Å². The van der Waals surface area contributed by atoms with E-state index in [-0.39, 0.29) is 33.6 Å². The fourth-order valence-corrected chi connectivity index (χ4v) is 4.78. The topological polar surface area (TPSA) is 101 Å². The zero-order valence-corrected chi connectivity index (χ0v) is 19.4. The summed E-state index contributed by atoms with van der Waals surface area (Å²) in [7, 11) is -4.57. The highest BCUT2D eigenvalue weighted by atomic mass is 32.2. The molecular weight excluding hydrogens is 505 g/mol. The number of hydrogen-bond acceptors (Lipinski definition) is 5. The molecule has 0 aliphatic heterocycles. The minimum Gasteiger partial charge on any atom is -0.305 e. The molecule has 1 unspecified atom stereocenters. The molecule has 0 bridgehead atoms. The van der Waals surface area contributed by atoms with Gasteiger partial charge in [-0.25, -0.2) is 17.2 Å². The molecule has 0 aliphatic rings. The number of rotatable bonds is 5. The van der Waals surface area contributed by atoms with E-state index in [2.05, 4.69) is 9.97 Å². The number of aryl methyl sites for hydroxylation is 1. The molecular formula is C23H16F5N5O2S. The molecule has 1 N–H and O–H groups in total. The fourth-order valence-electron chi connectivity index (χ4n) is 3.61. The monoisotopic (exact) mass is 521 g/mol. The SMILES string of the molecule is Cc1cc2c(cc1F)c(C#N)c(-c1ccc(S(=O)(=O)NC(C)C(F)(F)F)cn1)n2-c1cncc(F)c1. The van der Waals surface area contributed by atoms with Crippen LogP contribution in [0.15, 0.2) is 53.8 Å². The minimum atomic E-state index is -4.80. The van der Waals surface area contributed by atoms with Crippen molar-refractivity contribution in [2.45, 2.75) is 31.0 Å². The molecule has 3 aromatic heterocycles. The lowest BCUT2D eigenvalue weighted by atomic mass is 10.1. The molecule has 1 aromatic carbocycles. The van der Waals surface area contributed by atoms with Crippen molar-refractivity contribution in [2.24, 2.45) is 0 Å². The molecule has 4 aromatic rings. The van der Waals surface area contributed by atoms with Gasteiger partial charge in [-0.15, -0.1) is 0 Å². The summed E-state index contributed by atoms with van der Waals surface area (Å²) in [6.45, 7) is 2.17. The van der Waals surface area contributed by atoms with Crippen molar-refractivity contribution in [3.05, 3.63) is 71.7 Å². The average molecular weight is 521 g/mol. The Morgan fingerprint density at radius 1 is 1.11 bits per heavy atom. The maximum Gasteiger partial charge on any atom is 0.404 e. The van der Waals surface area contributed by atoms with E-state index in [1.165, 1.54) is 34.5 Å². The maximum absolute atomic E-state index is 14.4. The lowest BCUT2D eigenvalue weighted by Crippen LogP contribution is -2.42. The van der Waals surface area contributed by atoms with E-state index >= 15 is 0 Å². The second-order valence-electron chi connectivity index (χ2n) is 7.91. The number of sulfonamides is 1. The van der Waals surface area contributed by atoms with Gasteiger partial charge in [0.25, 0.3) is 0 Å². The minimum absolute atomic E-state index is 0.0277. The van der Waals surface area contributed by atoms with Gasteiger partial charge in [-0.1, -0.05) is 0 Å². The summed E-state index contributed by atoms with van der Waals surface area (Å²) >= 11 is 0. The van der Waals surface area contributed by atoms with Gasteiger partial charge in [0.2, 0.25) is 10.0 Å². The highest BCUT2D eigenvalue weighted by Crippen LogP contribution is 2.36. The Hall–Kier alpha value is -3.89. The predicted octanol–water partition coefficient (Wildman–Crippen LogP) is 4.77. The van der Waals surface area contributed by atoms with Crippen molar-refractivity contribution in [3.8, 4) is 23.1 Å². The Morgan fingerprint density at radius 3 is 2.42 bits per heavy atom. The van der Waals surface area contributed by atoms with Gasteiger partial charge in [-0.3, -0.25) is 9.97 Å². The maximum atomic E-state index is 14.4. The Bertz CT molecular complexity index is 1620. The molecule has 4 rings (SSSR count). The summed E-state index contributed by atoms with van der Waals surface area (Å²) in [5, 5.41) is 10.1. The number of fused-ring (bicyclic) bond motifs is 1. The average Bonchev–Trinajstić information content (AvgIpc) is 3.11. The zero-order chi connectivity index (χ0) is 26.4. The number of nitrogens with zero attached hydrogens (tertiary/aromatic N) is 4. The number of pyridine rings is 2. The normalized spacial score (nSPS) is 13.1.